The first-order valence-corrected chi connectivity index (χ1v) is 7.82. The molecule has 2 rings (SSSR count). The first-order valence-electron chi connectivity index (χ1n) is 7.45. The molecule has 0 radical (unpaired) electrons. The van der Waals surface area contributed by atoms with Gasteiger partial charge in [0.25, 0.3) is 0 Å². The molecule has 2 nitrogen and oxygen atoms in total. The molecule has 0 spiro atoms. The zero-order valence-electron chi connectivity index (χ0n) is 12.4. The summed E-state index contributed by atoms with van der Waals surface area (Å²) in [5, 5.41) is 3.90. The Kier molecular flexibility index (Phi) is 5.82. The summed E-state index contributed by atoms with van der Waals surface area (Å²) in [6.45, 7) is 4.61. The maximum absolute atomic E-state index is 13.7. The van der Waals surface area contributed by atoms with Crippen LogP contribution in [0.25, 0.3) is 0 Å². The van der Waals surface area contributed by atoms with Crippen LogP contribution in [-0.4, -0.2) is 31.1 Å². The van der Waals surface area contributed by atoms with E-state index in [-0.39, 0.29) is 5.82 Å². The standard InChI is InChI=1S/C16H24ClFN2/c1-12-9-15(17)13(10-16(12)18)11-20-8-4-3-5-14(20)6-7-19-2/h9-10,14,19H,3-8,11H2,1-2H3. The fourth-order valence-corrected chi connectivity index (χ4v) is 3.21. The molecule has 0 amide bonds. The van der Waals surface area contributed by atoms with Crippen LogP contribution in [-0.2, 0) is 6.54 Å². The minimum Gasteiger partial charge on any atom is -0.320 e. The van der Waals surface area contributed by atoms with E-state index in [0.717, 1.165) is 31.6 Å². The van der Waals surface area contributed by atoms with Gasteiger partial charge in [0, 0.05) is 17.6 Å². The average Bonchev–Trinajstić information content (AvgIpc) is 2.44. The number of hydrogen-bond donors (Lipinski definition) is 1. The molecule has 20 heavy (non-hydrogen) atoms. The molecular weight excluding hydrogens is 275 g/mol. The number of hydrogen-bond acceptors (Lipinski definition) is 2. The number of piperidine rings is 1. The molecule has 1 saturated heterocycles. The van der Waals surface area contributed by atoms with Crippen LogP contribution in [0.2, 0.25) is 5.02 Å². The Morgan fingerprint density at radius 1 is 1.40 bits per heavy atom. The predicted molar refractivity (Wildman–Crippen MR) is 82.7 cm³/mol. The average molecular weight is 299 g/mol. The van der Waals surface area contributed by atoms with E-state index in [2.05, 4.69) is 10.2 Å². The predicted octanol–water partition coefficient (Wildman–Crippen LogP) is 3.75. The molecule has 0 saturated carbocycles. The van der Waals surface area contributed by atoms with Crippen LogP contribution in [0, 0.1) is 12.7 Å². The normalized spacial score (nSPS) is 20.3. The van der Waals surface area contributed by atoms with E-state index >= 15 is 0 Å². The summed E-state index contributed by atoms with van der Waals surface area (Å²) in [7, 11) is 1.99. The molecule has 1 aromatic carbocycles. The molecule has 1 heterocycles. The van der Waals surface area contributed by atoms with E-state index in [1.807, 2.05) is 7.05 Å². The van der Waals surface area contributed by atoms with Gasteiger partial charge in [-0.1, -0.05) is 18.0 Å². The van der Waals surface area contributed by atoms with Crippen molar-refractivity contribution in [3.63, 3.8) is 0 Å². The highest BCUT2D eigenvalue weighted by atomic mass is 35.5. The summed E-state index contributed by atoms with van der Waals surface area (Å²) >= 11 is 6.27. The van der Waals surface area contributed by atoms with Crippen LogP contribution in [0.1, 0.15) is 36.8 Å². The van der Waals surface area contributed by atoms with Crippen LogP contribution in [0.15, 0.2) is 12.1 Å². The number of likely N-dealkylation sites (tertiary alicyclic amines) is 1. The van der Waals surface area contributed by atoms with Crippen molar-refractivity contribution in [1.82, 2.24) is 10.2 Å². The van der Waals surface area contributed by atoms with Gasteiger partial charge in [-0.05, 0) is 69.6 Å². The second-order valence-corrected chi connectivity index (χ2v) is 6.11. The van der Waals surface area contributed by atoms with Gasteiger partial charge in [0.2, 0.25) is 0 Å². The van der Waals surface area contributed by atoms with Crippen molar-refractivity contribution in [3.8, 4) is 0 Å². The number of nitrogens with zero attached hydrogens (tertiary/aromatic N) is 1. The molecule has 1 N–H and O–H groups in total. The quantitative estimate of drug-likeness (QED) is 0.890. The number of nitrogens with one attached hydrogen (secondary N) is 1. The molecule has 0 aliphatic carbocycles. The van der Waals surface area contributed by atoms with Gasteiger partial charge >= 0.3 is 0 Å². The molecular formula is C16H24ClFN2. The van der Waals surface area contributed by atoms with Crippen LogP contribution >= 0.6 is 11.6 Å². The second-order valence-electron chi connectivity index (χ2n) is 5.71. The van der Waals surface area contributed by atoms with E-state index < -0.39 is 0 Å². The lowest BCUT2D eigenvalue weighted by Crippen LogP contribution is -2.40. The number of rotatable bonds is 5. The molecule has 112 valence electrons. The maximum Gasteiger partial charge on any atom is 0.126 e. The van der Waals surface area contributed by atoms with Gasteiger partial charge < -0.3 is 5.32 Å². The smallest absolute Gasteiger partial charge is 0.126 e. The summed E-state index contributed by atoms with van der Waals surface area (Å²) in [6, 6.07) is 3.91. The zero-order chi connectivity index (χ0) is 14.5. The van der Waals surface area contributed by atoms with E-state index in [4.69, 9.17) is 11.6 Å². The summed E-state index contributed by atoms with van der Waals surface area (Å²) in [6.07, 6.45) is 4.89. The van der Waals surface area contributed by atoms with E-state index in [1.54, 1.807) is 19.1 Å². The van der Waals surface area contributed by atoms with Crippen molar-refractivity contribution >= 4 is 11.6 Å². The summed E-state index contributed by atoms with van der Waals surface area (Å²) in [5.74, 6) is -0.159. The molecule has 1 aliphatic rings. The van der Waals surface area contributed by atoms with Gasteiger partial charge in [-0.25, -0.2) is 4.39 Å². The van der Waals surface area contributed by atoms with Crippen LogP contribution < -0.4 is 5.32 Å². The largest absolute Gasteiger partial charge is 0.320 e. The Bertz CT molecular complexity index is 450. The van der Waals surface area contributed by atoms with Crippen molar-refractivity contribution in [2.45, 2.75) is 45.2 Å². The maximum atomic E-state index is 13.7. The lowest BCUT2D eigenvalue weighted by molar-refractivity contribution is 0.132. The first-order chi connectivity index (χ1) is 9.61. The second kappa shape index (κ2) is 7.39. The summed E-state index contributed by atoms with van der Waals surface area (Å²) in [5.41, 5.74) is 1.52. The third-order valence-electron chi connectivity index (χ3n) is 4.18. The fourth-order valence-electron chi connectivity index (χ4n) is 2.93. The van der Waals surface area contributed by atoms with Gasteiger partial charge in [0.15, 0.2) is 0 Å². The van der Waals surface area contributed by atoms with Crippen molar-refractivity contribution in [2.75, 3.05) is 20.1 Å². The molecule has 0 aromatic heterocycles. The highest BCUT2D eigenvalue weighted by Crippen LogP contribution is 2.26. The Hall–Kier alpha value is -0.640. The van der Waals surface area contributed by atoms with Crippen molar-refractivity contribution in [1.29, 1.82) is 0 Å². The topological polar surface area (TPSA) is 15.3 Å². The first kappa shape index (κ1) is 15.7. The van der Waals surface area contributed by atoms with Gasteiger partial charge in [0.1, 0.15) is 5.82 Å². The minimum atomic E-state index is -0.159. The molecule has 1 atom stereocenters. The Morgan fingerprint density at radius 2 is 2.20 bits per heavy atom. The zero-order valence-corrected chi connectivity index (χ0v) is 13.1. The number of aryl methyl sites for hydroxylation is 1. The molecule has 1 aromatic rings. The van der Waals surface area contributed by atoms with Gasteiger partial charge in [0.05, 0.1) is 0 Å². The highest BCUT2D eigenvalue weighted by molar-refractivity contribution is 6.31. The third kappa shape index (κ3) is 3.94. The lowest BCUT2D eigenvalue weighted by atomic mass is 9.98. The van der Waals surface area contributed by atoms with Crippen LogP contribution in [0.3, 0.4) is 0 Å². The van der Waals surface area contributed by atoms with Crippen LogP contribution in [0.5, 0.6) is 0 Å². The number of halogens is 2. The monoisotopic (exact) mass is 298 g/mol. The van der Waals surface area contributed by atoms with Crippen molar-refractivity contribution in [3.05, 3.63) is 34.1 Å². The van der Waals surface area contributed by atoms with Gasteiger partial charge in [-0.3, -0.25) is 4.90 Å². The van der Waals surface area contributed by atoms with E-state index in [0.29, 0.717) is 16.6 Å². The molecule has 1 fully saturated rings. The Labute approximate surface area is 126 Å². The highest BCUT2D eigenvalue weighted by Gasteiger charge is 2.22. The van der Waals surface area contributed by atoms with E-state index in [9.17, 15) is 4.39 Å². The molecule has 0 bridgehead atoms. The minimum absolute atomic E-state index is 0.159. The number of benzene rings is 1. The molecule has 1 aliphatic heterocycles. The fraction of sp³-hybridized carbons (Fsp3) is 0.625. The third-order valence-corrected chi connectivity index (χ3v) is 4.53. The van der Waals surface area contributed by atoms with E-state index in [1.165, 1.54) is 19.3 Å². The Morgan fingerprint density at radius 3 is 2.95 bits per heavy atom. The molecule has 4 heteroatoms. The summed E-state index contributed by atoms with van der Waals surface area (Å²) in [4.78, 5) is 2.46. The van der Waals surface area contributed by atoms with Gasteiger partial charge in [-0.2, -0.15) is 0 Å². The molecule has 1 unspecified atom stereocenters. The van der Waals surface area contributed by atoms with Crippen molar-refractivity contribution < 1.29 is 4.39 Å². The van der Waals surface area contributed by atoms with Crippen molar-refractivity contribution in [2.24, 2.45) is 0 Å². The Balaban J connectivity index is 2.08. The van der Waals surface area contributed by atoms with Crippen LogP contribution in [0.4, 0.5) is 4.39 Å². The lowest BCUT2D eigenvalue weighted by Gasteiger charge is -2.36. The van der Waals surface area contributed by atoms with Gasteiger partial charge in [-0.15, -0.1) is 0 Å². The SMILES string of the molecule is CNCCC1CCCCN1Cc1cc(F)c(C)cc1Cl. The summed E-state index contributed by atoms with van der Waals surface area (Å²) < 4.78 is 13.7.